The summed E-state index contributed by atoms with van der Waals surface area (Å²) < 4.78 is 5.50. The Balaban J connectivity index is 3.33. The van der Waals surface area contributed by atoms with Crippen molar-refractivity contribution in [1.82, 2.24) is 5.32 Å². The van der Waals surface area contributed by atoms with Crippen LogP contribution < -0.4 is 5.32 Å². The van der Waals surface area contributed by atoms with Gasteiger partial charge in [-0.25, -0.2) is 0 Å². The topological polar surface area (TPSA) is 95.9 Å². The van der Waals surface area contributed by atoms with E-state index in [1.54, 1.807) is 6.08 Å². The highest BCUT2D eigenvalue weighted by molar-refractivity contribution is 5.76. The molecule has 0 saturated carbocycles. The maximum atomic E-state index is 12.5. The number of allylic oxidation sites excluding steroid dienone is 3. The molecule has 0 spiro atoms. The molecule has 0 fully saturated rings. The molecule has 0 aliphatic carbocycles. The number of amides is 1. The molecule has 3 N–H and O–H groups in total. The summed E-state index contributed by atoms with van der Waals surface area (Å²) in [6.07, 6.45) is 85.5. The highest BCUT2D eigenvalue weighted by Crippen LogP contribution is 2.19. The van der Waals surface area contributed by atoms with Gasteiger partial charge >= 0.3 is 5.97 Å². The number of esters is 1. The predicted molar refractivity (Wildman–Crippen MR) is 343 cm³/mol. The summed E-state index contributed by atoms with van der Waals surface area (Å²) in [5, 5.41) is 23.1. The van der Waals surface area contributed by atoms with Gasteiger partial charge < -0.3 is 20.3 Å². The van der Waals surface area contributed by atoms with E-state index in [-0.39, 0.29) is 18.5 Å². The average Bonchev–Trinajstić information content (AvgIpc) is 3.44. The zero-order chi connectivity index (χ0) is 56.4. The van der Waals surface area contributed by atoms with Crippen molar-refractivity contribution in [3.63, 3.8) is 0 Å². The number of nitrogens with one attached hydrogen (secondary N) is 1. The zero-order valence-electron chi connectivity index (χ0n) is 52.9. The monoisotopic (exact) mass is 1100 g/mol. The number of ether oxygens (including phenoxy) is 1. The summed E-state index contributed by atoms with van der Waals surface area (Å²) in [5.41, 5.74) is 0. The van der Waals surface area contributed by atoms with Crippen LogP contribution in [0.1, 0.15) is 399 Å². The molecular weight excluding hydrogens is 959 g/mol. The molecule has 0 radical (unpaired) electrons. The first-order chi connectivity index (χ1) is 38.5. The minimum Gasteiger partial charge on any atom is -0.466 e. The summed E-state index contributed by atoms with van der Waals surface area (Å²) >= 11 is 0. The molecule has 0 bridgehead atoms. The third kappa shape index (κ3) is 63.5. The Hall–Kier alpha value is -1.66. The summed E-state index contributed by atoms with van der Waals surface area (Å²) in [6.45, 7) is 4.93. The van der Waals surface area contributed by atoms with Crippen molar-refractivity contribution in [2.24, 2.45) is 0 Å². The summed E-state index contributed by atoms with van der Waals surface area (Å²) in [4.78, 5) is 24.6. The quantitative estimate of drug-likeness (QED) is 0.0320. The van der Waals surface area contributed by atoms with Crippen LogP contribution in [0.5, 0.6) is 0 Å². The van der Waals surface area contributed by atoms with Crippen LogP contribution in [0, 0.1) is 0 Å². The number of hydrogen-bond acceptors (Lipinski definition) is 5. The number of carbonyl (C=O) groups is 2. The lowest BCUT2D eigenvalue weighted by Crippen LogP contribution is -2.45. The minimum atomic E-state index is -0.841. The van der Waals surface area contributed by atoms with Crippen LogP contribution in [0.3, 0.4) is 0 Å². The van der Waals surface area contributed by atoms with E-state index in [1.807, 2.05) is 6.08 Å². The van der Waals surface area contributed by atoms with Crippen molar-refractivity contribution < 1.29 is 24.5 Å². The first-order valence-corrected chi connectivity index (χ1v) is 35.6. The van der Waals surface area contributed by atoms with E-state index in [9.17, 15) is 19.8 Å². The fourth-order valence-corrected chi connectivity index (χ4v) is 11.3. The van der Waals surface area contributed by atoms with Gasteiger partial charge in [0.25, 0.3) is 0 Å². The smallest absolute Gasteiger partial charge is 0.305 e. The lowest BCUT2D eigenvalue weighted by atomic mass is 10.0. The van der Waals surface area contributed by atoms with E-state index >= 15 is 0 Å². The van der Waals surface area contributed by atoms with Gasteiger partial charge in [0.1, 0.15) is 0 Å². The molecule has 78 heavy (non-hydrogen) atoms. The van der Waals surface area contributed by atoms with Gasteiger partial charge in [-0.2, -0.15) is 0 Å². The van der Waals surface area contributed by atoms with Crippen LogP contribution >= 0.6 is 0 Å². The number of unbranched alkanes of at least 4 members (excludes halogenated alkanes) is 54. The molecule has 0 saturated heterocycles. The molecule has 0 heterocycles. The van der Waals surface area contributed by atoms with Crippen LogP contribution in [0.25, 0.3) is 0 Å². The molecule has 6 heteroatoms. The Morgan fingerprint density at radius 1 is 0.346 bits per heavy atom. The van der Waals surface area contributed by atoms with Gasteiger partial charge in [-0.1, -0.05) is 353 Å². The van der Waals surface area contributed by atoms with Crippen LogP contribution in [-0.4, -0.2) is 47.4 Å². The van der Waals surface area contributed by atoms with Crippen molar-refractivity contribution in [2.75, 3.05) is 13.2 Å². The second-order valence-corrected chi connectivity index (χ2v) is 24.6. The van der Waals surface area contributed by atoms with Gasteiger partial charge in [-0.3, -0.25) is 9.59 Å². The first-order valence-electron chi connectivity index (χ1n) is 35.6. The van der Waals surface area contributed by atoms with Crippen molar-refractivity contribution in [2.45, 2.75) is 411 Å². The Labute approximate surface area is 488 Å². The highest BCUT2D eigenvalue weighted by Gasteiger charge is 2.18. The predicted octanol–water partition coefficient (Wildman–Crippen LogP) is 22.9. The standard InChI is InChI=1S/C72H139NO5/c1-3-5-7-9-11-13-15-17-19-38-42-46-50-54-58-62-66-72(77)78-67-63-59-55-51-47-43-39-36-34-32-30-28-26-24-22-20-21-23-25-27-29-31-33-35-37-41-45-49-53-57-61-65-71(76)73-69(68-74)70(75)64-60-56-52-48-44-40-18-16-14-12-10-8-6-4-2/h19,38,60,64,69-70,74-75H,3-18,20-37,39-59,61-63,65-68H2,1-2H3,(H,73,76)/b38-19-,64-60+. The van der Waals surface area contributed by atoms with Crippen molar-refractivity contribution in [3.05, 3.63) is 24.3 Å². The molecule has 1 amide bonds. The maximum absolute atomic E-state index is 12.5. The van der Waals surface area contributed by atoms with Crippen molar-refractivity contribution >= 4 is 11.9 Å². The van der Waals surface area contributed by atoms with Crippen LogP contribution in [0.4, 0.5) is 0 Å². The van der Waals surface area contributed by atoms with Crippen LogP contribution in [0.2, 0.25) is 0 Å². The minimum absolute atomic E-state index is 0.0136. The molecule has 0 aliphatic rings. The van der Waals surface area contributed by atoms with Crippen LogP contribution in [0.15, 0.2) is 24.3 Å². The molecule has 2 unspecified atom stereocenters. The summed E-state index contributed by atoms with van der Waals surface area (Å²) in [7, 11) is 0. The molecule has 6 nitrogen and oxygen atoms in total. The third-order valence-corrected chi connectivity index (χ3v) is 16.7. The van der Waals surface area contributed by atoms with Crippen molar-refractivity contribution in [1.29, 1.82) is 0 Å². The van der Waals surface area contributed by atoms with E-state index in [0.717, 1.165) is 44.9 Å². The molecule has 0 aliphatic heterocycles. The average molecular weight is 1100 g/mol. The van der Waals surface area contributed by atoms with Gasteiger partial charge in [0.2, 0.25) is 5.91 Å². The van der Waals surface area contributed by atoms with E-state index in [1.165, 1.54) is 327 Å². The molecule has 0 aromatic carbocycles. The van der Waals surface area contributed by atoms with Gasteiger partial charge in [-0.15, -0.1) is 0 Å². The van der Waals surface area contributed by atoms with Crippen LogP contribution in [-0.2, 0) is 14.3 Å². The molecule has 462 valence electrons. The number of carbonyl (C=O) groups excluding carboxylic acids is 2. The molecule has 2 atom stereocenters. The van der Waals surface area contributed by atoms with Gasteiger partial charge in [0.15, 0.2) is 0 Å². The van der Waals surface area contributed by atoms with Crippen molar-refractivity contribution in [3.8, 4) is 0 Å². The van der Waals surface area contributed by atoms with E-state index in [0.29, 0.717) is 19.4 Å². The zero-order valence-corrected chi connectivity index (χ0v) is 52.9. The van der Waals surface area contributed by atoms with Gasteiger partial charge in [-0.05, 0) is 57.8 Å². The first kappa shape index (κ1) is 76.3. The largest absolute Gasteiger partial charge is 0.466 e. The maximum Gasteiger partial charge on any atom is 0.305 e. The SMILES string of the molecule is CCCCCCCCC/C=C\CCCCCCCC(=O)OCCCCCCCCCCCCCCCCCCCCCCCCCCCCCCCCCC(=O)NC(CO)C(O)/C=C/CCCCCCCCCCCCCC. The number of rotatable bonds is 67. The molecule has 0 aromatic rings. The fraction of sp³-hybridized carbons (Fsp3) is 0.917. The molecule has 0 aromatic heterocycles. The second kappa shape index (κ2) is 67.8. The Morgan fingerprint density at radius 2 is 0.603 bits per heavy atom. The highest BCUT2D eigenvalue weighted by atomic mass is 16.5. The van der Waals surface area contributed by atoms with Gasteiger partial charge in [0, 0.05) is 12.8 Å². The van der Waals surface area contributed by atoms with E-state index in [2.05, 4.69) is 31.3 Å². The van der Waals surface area contributed by atoms with Gasteiger partial charge in [0.05, 0.1) is 25.4 Å². The molecular formula is C72H139NO5. The number of aliphatic hydroxyl groups is 2. The number of aliphatic hydroxyl groups excluding tert-OH is 2. The third-order valence-electron chi connectivity index (χ3n) is 16.7. The normalized spacial score (nSPS) is 12.6. The fourth-order valence-electron chi connectivity index (χ4n) is 11.3. The lowest BCUT2D eigenvalue weighted by molar-refractivity contribution is -0.143. The Morgan fingerprint density at radius 3 is 0.910 bits per heavy atom. The number of hydrogen-bond donors (Lipinski definition) is 3. The Kier molecular flexibility index (Phi) is 66.4. The summed E-state index contributed by atoms with van der Waals surface area (Å²) in [6, 6.07) is -0.624. The summed E-state index contributed by atoms with van der Waals surface area (Å²) in [5.74, 6) is -0.0481. The van der Waals surface area contributed by atoms with E-state index in [4.69, 9.17) is 4.74 Å². The van der Waals surface area contributed by atoms with E-state index < -0.39 is 12.1 Å². The molecule has 0 rings (SSSR count). The second-order valence-electron chi connectivity index (χ2n) is 24.6. The lowest BCUT2D eigenvalue weighted by Gasteiger charge is -2.20. The Bertz CT molecular complexity index is 1220.